The molecule has 0 aromatic carbocycles. The van der Waals surface area contributed by atoms with E-state index in [4.69, 9.17) is 14.7 Å². The van der Waals surface area contributed by atoms with Gasteiger partial charge in [0.2, 0.25) is 0 Å². The molecule has 0 bridgehead atoms. The number of imidazole rings is 1. The number of fused-ring (bicyclic) bond motifs is 8. The summed E-state index contributed by atoms with van der Waals surface area (Å²) in [5.41, 5.74) is 0.800. The van der Waals surface area contributed by atoms with Crippen LogP contribution in [0, 0.1) is 28.6 Å². The average molecular weight is 547 g/mol. The average Bonchev–Trinajstić information content (AvgIpc) is 3.49. The molecule has 5 aliphatic rings. The van der Waals surface area contributed by atoms with E-state index in [0.29, 0.717) is 12.3 Å². The summed E-state index contributed by atoms with van der Waals surface area (Å²) in [4.78, 5) is 40.6. The first-order valence-electron chi connectivity index (χ1n) is 13.9. The van der Waals surface area contributed by atoms with Crippen LogP contribution in [0.3, 0.4) is 0 Å². The van der Waals surface area contributed by atoms with Crippen molar-refractivity contribution in [2.45, 2.75) is 69.4 Å². The fourth-order valence-electron chi connectivity index (χ4n) is 9.06. The highest BCUT2D eigenvalue weighted by Gasteiger charge is 2.74. The lowest BCUT2D eigenvalue weighted by Crippen LogP contribution is -2.62. The predicted octanol–water partition coefficient (Wildman–Crippen LogP) is 4.07. The summed E-state index contributed by atoms with van der Waals surface area (Å²) in [6, 6.07) is 3.78. The molecule has 3 saturated carbocycles. The summed E-state index contributed by atoms with van der Waals surface area (Å²) < 4.78 is 8.21. The number of pyridine rings is 1. The first-order valence-corrected chi connectivity index (χ1v) is 14.9. The van der Waals surface area contributed by atoms with Crippen molar-refractivity contribution in [2.24, 2.45) is 40.6 Å². The molecule has 3 heterocycles. The van der Waals surface area contributed by atoms with Crippen LogP contribution in [0.2, 0.25) is 0 Å². The number of aryl methyl sites for hydroxylation is 1. The lowest BCUT2D eigenvalue weighted by atomic mass is 9.46. The number of ether oxygens (including phenoxy) is 1. The maximum atomic E-state index is 14.3. The number of hydrogen-bond acceptors (Lipinski definition) is 8. The van der Waals surface area contributed by atoms with Crippen LogP contribution in [0.15, 0.2) is 52.3 Å². The molecule has 2 aromatic rings. The molecule has 6 unspecified atom stereocenters. The minimum absolute atomic E-state index is 0.00199. The van der Waals surface area contributed by atoms with Gasteiger partial charge in [-0.15, -0.1) is 0 Å². The lowest BCUT2D eigenvalue weighted by molar-refractivity contribution is -0.141. The van der Waals surface area contributed by atoms with Gasteiger partial charge in [0.25, 0.3) is 0 Å². The van der Waals surface area contributed by atoms with E-state index >= 15 is 0 Å². The van der Waals surface area contributed by atoms with Crippen molar-refractivity contribution in [1.29, 1.82) is 0 Å². The van der Waals surface area contributed by atoms with Crippen LogP contribution in [0.4, 0.5) is 0 Å². The van der Waals surface area contributed by atoms with Crippen molar-refractivity contribution in [3.05, 3.63) is 42.1 Å². The normalized spacial score (nSPS) is 40.3. The van der Waals surface area contributed by atoms with Gasteiger partial charge in [-0.1, -0.05) is 37.3 Å². The minimum Gasteiger partial charge on any atom is -0.475 e. The zero-order valence-electron chi connectivity index (χ0n) is 22.8. The topological polar surface area (TPSA) is 107 Å². The molecule has 204 valence electrons. The molecule has 3 fully saturated rings. The van der Waals surface area contributed by atoms with Gasteiger partial charge in [-0.2, -0.15) is 0 Å². The van der Waals surface area contributed by atoms with Gasteiger partial charge in [-0.25, -0.2) is 15.0 Å². The Hall–Kier alpha value is -2.78. The number of carbonyl (C=O) groups is 2. The Labute approximate surface area is 232 Å². The maximum absolute atomic E-state index is 14.3. The largest absolute Gasteiger partial charge is 0.475 e. The van der Waals surface area contributed by atoms with E-state index in [1.807, 2.05) is 36.7 Å². The first-order chi connectivity index (χ1) is 18.6. The summed E-state index contributed by atoms with van der Waals surface area (Å²) in [6.45, 7) is 6.17. The lowest BCUT2D eigenvalue weighted by Gasteiger charge is -2.59. The second kappa shape index (κ2) is 8.36. The van der Waals surface area contributed by atoms with Gasteiger partial charge in [-0.05, 0) is 61.8 Å². The molecule has 0 amide bonds. The number of ketones is 2. The second-order valence-corrected chi connectivity index (χ2v) is 13.4. The van der Waals surface area contributed by atoms with Gasteiger partial charge < -0.3 is 14.4 Å². The number of aliphatic imine (C=N–C) groups is 1. The van der Waals surface area contributed by atoms with Crippen LogP contribution in [0.1, 0.15) is 46.5 Å². The summed E-state index contributed by atoms with van der Waals surface area (Å²) >= 11 is 1.42. The molecule has 9 heteroatoms. The summed E-state index contributed by atoms with van der Waals surface area (Å²) in [5, 5.41) is 12.6. The number of aliphatic hydroxyl groups is 1. The molecular formula is C30H34N4O4S. The summed E-state index contributed by atoms with van der Waals surface area (Å²) in [6.07, 6.45) is 9.20. The third-order valence-corrected chi connectivity index (χ3v) is 11.7. The number of aliphatic hydroxyl groups excluding tert-OH is 1. The number of nitrogens with zero attached hydrogens (tertiary/aromatic N) is 4. The predicted molar refractivity (Wildman–Crippen MR) is 148 cm³/mol. The Morgan fingerprint density at radius 1 is 1.33 bits per heavy atom. The highest BCUT2D eigenvalue weighted by molar-refractivity contribution is 7.99. The molecule has 0 radical (unpaired) electrons. The SMILES string of the molecule is CC1=N[C@]2(C(=O)CSc3nc4cccnc4n3C)[C@@H](CC3C4CCC5=CC(=O)C=CC5(C)C4C(O)CC32C)O1. The number of carbonyl (C=O) groups excluding carboxylic acids is 2. The third kappa shape index (κ3) is 3.26. The molecule has 7 rings (SSSR count). The van der Waals surface area contributed by atoms with Crippen molar-refractivity contribution in [1.82, 2.24) is 14.5 Å². The van der Waals surface area contributed by atoms with Crippen LogP contribution < -0.4 is 0 Å². The Balaban J connectivity index is 1.23. The van der Waals surface area contributed by atoms with Crippen molar-refractivity contribution >= 4 is 40.4 Å². The molecule has 1 aliphatic heterocycles. The molecule has 2 aromatic heterocycles. The monoisotopic (exact) mass is 546 g/mol. The van der Waals surface area contributed by atoms with E-state index in [2.05, 4.69) is 18.8 Å². The Bertz CT molecular complexity index is 1510. The number of hydrogen-bond donors (Lipinski definition) is 1. The molecule has 0 saturated heterocycles. The van der Waals surface area contributed by atoms with Crippen LogP contribution in [0.5, 0.6) is 0 Å². The van der Waals surface area contributed by atoms with E-state index in [1.165, 1.54) is 11.8 Å². The summed E-state index contributed by atoms with van der Waals surface area (Å²) in [7, 11) is 1.92. The van der Waals surface area contributed by atoms with Crippen LogP contribution in [-0.4, -0.2) is 60.6 Å². The van der Waals surface area contributed by atoms with E-state index in [0.717, 1.165) is 41.2 Å². The Morgan fingerprint density at radius 2 is 2.15 bits per heavy atom. The highest BCUT2D eigenvalue weighted by Crippen LogP contribution is 2.69. The number of aromatic nitrogens is 3. The van der Waals surface area contributed by atoms with Gasteiger partial charge in [0.15, 0.2) is 33.8 Å². The first kappa shape index (κ1) is 25.2. The van der Waals surface area contributed by atoms with E-state index in [9.17, 15) is 14.7 Å². The van der Waals surface area contributed by atoms with Crippen LogP contribution >= 0.6 is 11.8 Å². The standard InChI is InChI=1S/C30H34N4O4S/c1-16-33-30(23(37)15-39-27-32-21-6-5-11-31-26(21)34(27)4)24(38-16)13-20-19-8-7-17-12-18(35)9-10-28(17,2)25(19)22(36)14-29(20,30)3/h5-6,9-12,19-20,22,24-25,36H,7-8,13-15H2,1-4H3/t19?,20?,22?,24-,25?,28?,29?,30-/m1/s1. The maximum Gasteiger partial charge on any atom is 0.181 e. The molecule has 8 nitrogen and oxygen atoms in total. The number of thioether (sulfide) groups is 1. The molecule has 0 spiro atoms. The van der Waals surface area contributed by atoms with E-state index < -0.39 is 17.1 Å². The van der Waals surface area contributed by atoms with E-state index in [-0.39, 0.29) is 46.6 Å². The van der Waals surface area contributed by atoms with E-state index in [1.54, 1.807) is 18.3 Å². The quantitative estimate of drug-likeness (QED) is 0.576. The Morgan fingerprint density at radius 3 is 2.95 bits per heavy atom. The molecule has 8 atom stereocenters. The highest BCUT2D eigenvalue weighted by atomic mass is 32.2. The van der Waals surface area contributed by atoms with Gasteiger partial charge in [0.05, 0.1) is 11.9 Å². The second-order valence-electron chi connectivity index (χ2n) is 12.5. The van der Waals surface area contributed by atoms with Crippen molar-refractivity contribution in [2.75, 3.05) is 5.75 Å². The zero-order valence-corrected chi connectivity index (χ0v) is 23.6. The minimum atomic E-state index is -1.03. The number of allylic oxidation sites excluding steroid dienone is 4. The van der Waals surface area contributed by atoms with Crippen molar-refractivity contribution in [3.8, 4) is 0 Å². The van der Waals surface area contributed by atoms with Gasteiger partial charge in [0, 0.05) is 36.9 Å². The van der Waals surface area contributed by atoms with Crippen molar-refractivity contribution < 1.29 is 19.4 Å². The van der Waals surface area contributed by atoms with Crippen LogP contribution in [0.25, 0.3) is 11.2 Å². The van der Waals surface area contributed by atoms with Crippen molar-refractivity contribution in [3.63, 3.8) is 0 Å². The number of Topliss-reactive ketones (excluding diaryl/α,β-unsaturated/α-hetero) is 1. The van der Waals surface area contributed by atoms with Gasteiger partial charge in [-0.3, -0.25) is 9.59 Å². The molecule has 1 N–H and O–H groups in total. The van der Waals surface area contributed by atoms with Crippen LogP contribution in [-0.2, 0) is 21.4 Å². The van der Waals surface area contributed by atoms with Gasteiger partial charge in [0.1, 0.15) is 11.6 Å². The molecular weight excluding hydrogens is 512 g/mol. The van der Waals surface area contributed by atoms with Gasteiger partial charge >= 0.3 is 0 Å². The fraction of sp³-hybridized carbons (Fsp3) is 0.567. The third-order valence-electron chi connectivity index (χ3n) is 10.7. The smallest absolute Gasteiger partial charge is 0.181 e. The fourth-order valence-corrected chi connectivity index (χ4v) is 9.98. The molecule has 4 aliphatic carbocycles. The Kier molecular flexibility index (Phi) is 5.41. The summed E-state index contributed by atoms with van der Waals surface area (Å²) in [5.74, 6) is 1.24. The molecule has 39 heavy (non-hydrogen) atoms. The zero-order chi connectivity index (χ0) is 27.3. The number of rotatable bonds is 4.